The first kappa shape index (κ1) is 19.1. The minimum absolute atomic E-state index is 0.128. The van der Waals surface area contributed by atoms with E-state index in [1.807, 2.05) is 6.92 Å². The van der Waals surface area contributed by atoms with E-state index in [2.05, 4.69) is 17.2 Å². The van der Waals surface area contributed by atoms with Gasteiger partial charge in [0.25, 0.3) is 0 Å². The molecule has 0 unspecified atom stereocenters. The Labute approximate surface area is 152 Å². The largest absolute Gasteiger partial charge is 0.496 e. The number of hydrogen-bond acceptors (Lipinski definition) is 3. The summed E-state index contributed by atoms with van der Waals surface area (Å²) >= 11 is 6.03. The van der Waals surface area contributed by atoms with Crippen LogP contribution in [0.25, 0.3) is 0 Å². The lowest BCUT2D eigenvalue weighted by Crippen LogP contribution is -2.49. The van der Waals surface area contributed by atoms with Crippen molar-refractivity contribution >= 4 is 23.5 Å². The van der Waals surface area contributed by atoms with Crippen LogP contribution < -0.4 is 10.1 Å². The standard InChI is InChI=1S/C19H22ClNO4/c1-13-10-14(20)11-16(25-2)15(13)12-17(22)21-19(9-6-18(23)24)7-4-3-5-8-19/h10-11H,3-5,7-8,12H2,1-2H3,(H,21,22)(H,23,24). The predicted octanol–water partition coefficient (Wildman–Crippen LogP) is 3.11. The van der Waals surface area contributed by atoms with E-state index in [-0.39, 0.29) is 12.3 Å². The molecule has 0 heterocycles. The van der Waals surface area contributed by atoms with Gasteiger partial charge in [0.15, 0.2) is 0 Å². The van der Waals surface area contributed by atoms with Gasteiger partial charge in [-0.3, -0.25) is 4.79 Å². The van der Waals surface area contributed by atoms with Gasteiger partial charge in [0.2, 0.25) is 5.91 Å². The second kappa shape index (κ2) is 8.26. The van der Waals surface area contributed by atoms with Crippen molar-refractivity contribution in [2.75, 3.05) is 7.11 Å². The van der Waals surface area contributed by atoms with Crippen LogP contribution in [-0.2, 0) is 16.0 Å². The fraction of sp³-hybridized carbons (Fsp3) is 0.474. The number of aliphatic carboxylic acids is 1. The Morgan fingerprint density at radius 1 is 1.32 bits per heavy atom. The molecule has 0 atom stereocenters. The molecule has 0 bridgehead atoms. The molecule has 1 aromatic rings. The van der Waals surface area contributed by atoms with Crippen LogP contribution in [0.4, 0.5) is 0 Å². The van der Waals surface area contributed by atoms with Crippen molar-refractivity contribution in [3.63, 3.8) is 0 Å². The summed E-state index contributed by atoms with van der Waals surface area (Å²) in [5.41, 5.74) is 0.872. The fourth-order valence-electron chi connectivity index (χ4n) is 3.23. The number of rotatable bonds is 4. The number of carboxylic acid groups (broad SMARTS) is 1. The third kappa shape index (κ3) is 5.14. The number of methoxy groups -OCH3 is 1. The summed E-state index contributed by atoms with van der Waals surface area (Å²) in [6, 6.07) is 3.46. The first-order chi connectivity index (χ1) is 11.8. The minimum Gasteiger partial charge on any atom is -0.496 e. The zero-order valence-electron chi connectivity index (χ0n) is 14.4. The van der Waals surface area contributed by atoms with E-state index in [9.17, 15) is 9.59 Å². The lowest BCUT2D eigenvalue weighted by molar-refractivity contribution is -0.130. The molecule has 0 aliphatic heterocycles. The maximum Gasteiger partial charge on any atom is 0.381 e. The van der Waals surface area contributed by atoms with Gasteiger partial charge < -0.3 is 15.2 Å². The third-order valence-electron chi connectivity index (χ3n) is 4.45. The molecular weight excluding hydrogens is 342 g/mol. The lowest BCUT2D eigenvalue weighted by atomic mass is 9.82. The van der Waals surface area contributed by atoms with E-state index in [0.29, 0.717) is 23.6 Å². The highest BCUT2D eigenvalue weighted by molar-refractivity contribution is 6.30. The molecule has 5 nitrogen and oxygen atoms in total. The van der Waals surface area contributed by atoms with Crippen LogP contribution in [0.15, 0.2) is 12.1 Å². The number of ether oxygens (including phenoxy) is 1. The molecule has 1 saturated carbocycles. The predicted molar refractivity (Wildman–Crippen MR) is 95.8 cm³/mol. The Kier molecular flexibility index (Phi) is 6.33. The molecule has 134 valence electrons. The van der Waals surface area contributed by atoms with E-state index < -0.39 is 11.5 Å². The van der Waals surface area contributed by atoms with Crippen molar-refractivity contribution in [3.05, 3.63) is 28.3 Å². The highest BCUT2D eigenvalue weighted by atomic mass is 35.5. The van der Waals surface area contributed by atoms with Gasteiger partial charge in [0.1, 0.15) is 11.3 Å². The quantitative estimate of drug-likeness (QED) is 0.806. The SMILES string of the molecule is COc1cc(Cl)cc(C)c1CC(=O)NC1(C#CC(=O)O)CCCCC1. The van der Waals surface area contributed by atoms with Crippen molar-refractivity contribution in [1.29, 1.82) is 0 Å². The summed E-state index contributed by atoms with van der Waals surface area (Å²) in [5.74, 6) is 4.12. The number of carbonyl (C=O) groups is 2. The van der Waals surface area contributed by atoms with E-state index in [0.717, 1.165) is 30.4 Å². The normalized spacial score (nSPS) is 15.6. The van der Waals surface area contributed by atoms with Crippen molar-refractivity contribution < 1.29 is 19.4 Å². The number of hydrogen-bond donors (Lipinski definition) is 2. The van der Waals surface area contributed by atoms with Crippen molar-refractivity contribution in [3.8, 4) is 17.6 Å². The number of amides is 1. The Hall–Kier alpha value is -2.19. The third-order valence-corrected chi connectivity index (χ3v) is 4.67. The van der Waals surface area contributed by atoms with Gasteiger partial charge in [-0.15, -0.1) is 0 Å². The molecule has 1 aromatic carbocycles. The van der Waals surface area contributed by atoms with Crippen LogP contribution in [0.3, 0.4) is 0 Å². The van der Waals surface area contributed by atoms with E-state index in [4.69, 9.17) is 21.4 Å². The molecule has 0 saturated heterocycles. The summed E-state index contributed by atoms with van der Waals surface area (Å²) in [6.45, 7) is 1.87. The summed E-state index contributed by atoms with van der Waals surface area (Å²) in [4.78, 5) is 23.4. The molecule has 1 aliphatic rings. The zero-order valence-corrected chi connectivity index (χ0v) is 15.2. The molecule has 0 radical (unpaired) electrons. The first-order valence-electron chi connectivity index (χ1n) is 8.25. The number of halogens is 1. The van der Waals surface area contributed by atoms with E-state index in [1.165, 1.54) is 7.11 Å². The van der Waals surface area contributed by atoms with Crippen LogP contribution in [0, 0.1) is 18.8 Å². The molecule has 25 heavy (non-hydrogen) atoms. The summed E-state index contributed by atoms with van der Waals surface area (Å²) < 4.78 is 5.33. The Morgan fingerprint density at radius 2 is 2.00 bits per heavy atom. The molecule has 2 N–H and O–H groups in total. The minimum atomic E-state index is -1.19. The number of carboxylic acids is 1. The summed E-state index contributed by atoms with van der Waals surface area (Å²) in [5, 5.41) is 12.4. The van der Waals surface area contributed by atoms with Gasteiger partial charge in [-0.25, -0.2) is 4.79 Å². The number of aryl methyl sites for hydroxylation is 1. The van der Waals surface area contributed by atoms with Crippen molar-refractivity contribution in [2.45, 2.75) is 51.0 Å². The Bertz CT molecular complexity index is 727. The van der Waals surface area contributed by atoms with Gasteiger partial charge in [-0.1, -0.05) is 36.8 Å². The lowest BCUT2D eigenvalue weighted by Gasteiger charge is -2.33. The molecular formula is C19H22ClNO4. The van der Waals surface area contributed by atoms with Gasteiger partial charge >= 0.3 is 5.97 Å². The molecule has 0 aromatic heterocycles. The average molecular weight is 364 g/mol. The van der Waals surface area contributed by atoms with Gasteiger partial charge in [-0.05, 0) is 37.5 Å². The maximum absolute atomic E-state index is 12.6. The fourth-order valence-corrected chi connectivity index (χ4v) is 3.50. The van der Waals surface area contributed by atoms with Gasteiger partial charge in [0, 0.05) is 16.5 Å². The monoisotopic (exact) mass is 363 g/mol. The maximum atomic E-state index is 12.6. The Morgan fingerprint density at radius 3 is 2.60 bits per heavy atom. The second-order valence-electron chi connectivity index (χ2n) is 6.33. The van der Waals surface area contributed by atoms with Gasteiger partial charge in [0.05, 0.1) is 13.5 Å². The zero-order chi connectivity index (χ0) is 18.4. The molecule has 1 fully saturated rings. The molecule has 0 spiro atoms. The van der Waals surface area contributed by atoms with Gasteiger partial charge in [-0.2, -0.15) is 0 Å². The molecule has 1 aliphatic carbocycles. The Balaban J connectivity index is 2.20. The number of carbonyl (C=O) groups excluding carboxylic acids is 1. The molecule has 2 rings (SSSR count). The summed E-state index contributed by atoms with van der Waals surface area (Å²) in [7, 11) is 1.54. The van der Waals surface area contributed by atoms with Crippen molar-refractivity contribution in [1.82, 2.24) is 5.32 Å². The topological polar surface area (TPSA) is 75.6 Å². The average Bonchev–Trinajstić information content (AvgIpc) is 2.56. The molecule has 1 amide bonds. The van der Waals surface area contributed by atoms with Crippen LogP contribution in [0.5, 0.6) is 5.75 Å². The van der Waals surface area contributed by atoms with Crippen LogP contribution in [-0.4, -0.2) is 29.6 Å². The van der Waals surface area contributed by atoms with E-state index >= 15 is 0 Å². The van der Waals surface area contributed by atoms with Crippen LogP contribution in [0.2, 0.25) is 5.02 Å². The number of benzene rings is 1. The summed E-state index contributed by atoms with van der Waals surface area (Å²) in [6.07, 6.45) is 4.35. The number of nitrogens with one attached hydrogen (secondary N) is 1. The van der Waals surface area contributed by atoms with Crippen LogP contribution in [0.1, 0.15) is 43.2 Å². The van der Waals surface area contributed by atoms with Crippen molar-refractivity contribution in [2.24, 2.45) is 0 Å². The van der Waals surface area contributed by atoms with Crippen LogP contribution >= 0.6 is 11.6 Å². The van der Waals surface area contributed by atoms with E-state index in [1.54, 1.807) is 12.1 Å². The highest BCUT2D eigenvalue weighted by Gasteiger charge is 2.32. The smallest absolute Gasteiger partial charge is 0.381 e. The second-order valence-corrected chi connectivity index (χ2v) is 6.76. The molecule has 6 heteroatoms. The first-order valence-corrected chi connectivity index (χ1v) is 8.63. The highest BCUT2D eigenvalue weighted by Crippen LogP contribution is 2.30.